The van der Waals surface area contributed by atoms with Crippen molar-refractivity contribution in [1.29, 1.82) is 0 Å². The van der Waals surface area contributed by atoms with Gasteiger partial charge in [-0.05, 0) is 80.2 Å². The standard InChI is InChI=1S/C23H32O2.C3H4/c1-4-20-10-14-23(12-6-5-7-13-23)17-21(22(20)11-15-24)9-8-18(2)16-19(3)25;1-3-2/h4,8-9,11,16-17,24-25H,3,5-7,10,12-15H2,1-2H3;1H,2H3/b9-8+,18-16+,20-4-,22-11+;. The van der Waals surface area contributed by atoms with Crippen molar-refractivity contribution in [1.82, 2.24) is 0 Å². The van der Waals surface area contributed by atoms with Gasteiger partial charge in [-0.3, -0.25) is 0 Å². The third-order valence-electron chi connectivity index (χ3n) is 5.42. The molecule has 0 bridgehead atoms. The Morgan fingerprint density at radius 3 is 2.46 bits per heavy atom. The van der Waals surface area contributed by atoms with Crippen LogP contribution in [0.4, 0.5) is 0 Å². The van der Waals surface area contributed by atoms with E-state index in [4.69, 9.17) is 0 Å². The zero-order valence-electron chi connectivity index (χ0n) is 17.8. The van der Waals surface area contributed by atoms with E-state index in [0.29, 0.717) is 0 Å². The second-order valence-corrected chi connectivity index (χ2v) is 7.64. The van der Waals surface area contributed by atoms with Gasteiger partial charge >= 0.3 is 0 Å². The molecule has 152 valence electrons. The number of allylic oxidation sites excluding steroid dienone is 9. The monoisotopic (exact) mass is 380 g/mol. The van der Waals surface area contributed by atoms with Gasteiger partial charge in [0.2, 0.25) is 0 Å². The number of aliphatic hydroxyl groups excluding tert-OH is 2. The van der Waals surface area contributed by atoms with Gasteiger partial charge in [-0.25, -0.2) is 0 Å². The third-order valence-corrected chi connectivity index (χ3v) is 5.42. The first-order valence-corrected chi connectivity index (χ1v) is 10.2. The van der Waals surface area contributed by atoms with Crippen molar-refractivity contribution < 1.29 is 10.2 Å². The molecule has 1 fully saturated rings. The summed E-state index contributed by atoms with van der Waals surface area (Å²) >= 11 is 0. The van der Waals surface area contributed by atoms with Crippen LogP contribution in [0.3, 0.4) is 0 Å². The second kappa shape index (κ2) is 12.3. The zero-order valence-corrected chi connectivity index (χ0v) is 17.8. The SMILES string of the molecule is C#CC.C=C(O)/C=C(C)/C=C/C1=CC2(CCCCC2)CCC(=C/C)/C1=C\CO. The maximum absolute atomic E-state index is 9.53. The molecule has 2 aliphatic carbocycles. The van der Waals surface area contributed by atoms with Crippen LogP contribution in [-0.2, 0) is 0 Å². The van der Waals surface area contributed by atoms with Crippen LogP contribution < -0.4 is 0 Å². The van der Waals surface area contributed by atoms with Gasteiger partial charge in [-0.2, -0.15) is 0 Å². The summed E-state index contributed by atoms with van der Waals surface area (Å²) in [5.74, 6) is 2.32. The number of aliphatic hydroxyl groups is 2. The molecule has 0 aliphatic heterocycles. The third kappa shape index (κ3) is 7.41. The van der Waals surface area contributed by atoms with Gasteiger partial charge in [0.25, 0.3) is 0 Å². The van der Waals surface area contributed by atoms with E-state index in [2.05, 4.69) is 44.1 Å². The summed E-state index contributed by atoms with van der Waals surface area (Å²) in [5.41, 5.74) is 4.91. The molecule has 0 unspecified atom stereocenters. The highest BCUT2D eigenvalue weighted by Gasteiger charge is 2.32. The summed E-state index contributed by atoms with van der Waals surface area (Å²) in [6.07, 6.45) is 25.7. The van der Waals surface area contributed by atoms with Crippen LogP contribution in [0.2, 0.25) is 0 Å². The molecule has 0 aromatic rings. The molecule has 1 saturated carbocycles. The van der Waals surface area contributed by atoms with Crippen molar-refractivity contribution in [2.45, 2.75) is 65.7 Å². The number of hydrogen-bond acceptors (Lipinski definition) is 2. The smallest absolute Gasteiger partial charge is 0.108 e. The van der Waals surface area contributed by atoms with Crippen LogP contribution in [0.1, 0.15) is 65.7 Å². The molecule has 2 nitrogen and oxygen atoms in total. The average Bonchev–Trinajstić information content (AvgIpc) is 2.79. The van der Waals surface area contributed by atoms with E-state index in [1.165, 1.54) is 49.7 Å². The Morgan fingerprint density at radius 2 is 1.93 bits per heavy atom. The van der Waals surface area contributed by atoms with Gasteiger partial charge in [0.1, 0.15) is 5.76 Å². The van der Waals surface area contributed by atoms with Crippen LogP contribution in [0, 0.1) is 17.8 Å². The molecule has 2 rings (SSSR count). The highest BCUT2D eigenvalue weighted by molar-refractivity contribution is 5.54. The van der Waals surface area contributed by atoms with Gasteiger partial charge in [-0.1, -0.05) is 56.2 Å². The highest BCUT2D eigenvalue weighted by atomic mass is 16.3. The Morgan fingerprint density at radius 1 is 1.29 bits per heavy atom. The fourth-order valence-electron chi connectivity index (χ4n) is 4.14. The van der Waals surface area contributed by atoms with Crippen LogP contribution in [0.25, 0.3) is 0 Å². The molecule has 2 heteroatoms. The lowest BCUT2D eigenvalue weighted by Gasteiger charge is -2.34. The van der Waals surface area contributed by atoms with Crippen molar-refractivity contribution >= 4 is 0 Å². The van der Waals surface area contributed by atoms with E-state index in [1.54, 1.807) is 13.0 Å². The first-order valence-electron chi connectivity index (χ1n) is 10.2. The second-order valence-electron chi connectivity index (χ2n) is 7.64. The summed E-state index contributed by atoms with van der Waals surface area (Å²) < 4.78 is 0. The van der Waals surface area contributed by atoms with E-state index in [9.17, 15) is 10.2 Å². The quantitative estimate of drug-likeness (QED) is 0.322. The minimum Gasteiger partial charge on any atom is -0.509 e. The van der Waals surface area contributed by atoms with Gasteiger partial charge in [0, 0.05) is 0 Å². The topological polar surface area (TPSA) is 40.5 Å². The van der Waals surface area contributed by atoms with E-state index >= 15 is 0 Å². The molecule has 0 saturated heterocycles. The predicted molar refractivity (Wildman–Crippen MR) is 121 cm³/mol. The molecule has 0 radical (unpaired) electrons. The summed E-state index contributed by atoms with van der Waals surface area (Å²) in [4.78, 5) is 0. The van der Waals surface area contributed by atoms with Gasteiger partial charge in [0.15, 0.2) is 0 Å². The van der Waals surface area contributed by atoms with E-state index in [0.717, 1.165) is 17.6 Å². The maximum atomic E-state index is 9.53. The number of hydrogen-bond donors (Lipinski definition) is 2. The van der Waals surface area contributed by atoms with Crippen molar-refractivity contribution in [3.05, 3.63) is 71.1 Å². The normalized spacial score (nSPS) is 22.4. The minimum atomic E-state index is 0.0487. The van der Waals surface area contributed by atoms with Crippen LogP contribution in [0.5, 0.6) is 0 Å². The zero-order chi connectivity index (χ0) is 21.0. The van der Waals surface area contributed by atoms with E-state index in [1.807, 2.05) is 19.1 Å². The molecule has 0 atom stereocenters. The summed E-state index contributed by atoms with van der Waals surface area (Å²) in [6, 6.07) is 0. The first-order chi connectivity index (χ1) is 13.4. The lowest BCUT2D eigenvalue weighted by Crippen LogP contribution is -2.21. The fraction of sp³-hybridized carbons (Fsp3) is 0.462. The largest absolute Gasteiger partial charge is 0.509 e. The van der Waals surface area contributed by atoms with Gasteiger partial charge < -0.3 is 10.2 Å². The minimum absolute atomic E-state index is 0.0487. The molecule has 1 spiro atoms. The highest BCUT2D eigenvalue weighted by Crippen LogP contribution is 2.47. The molecule has 0 aromatic carbocycles. The lowest BCUT2D eigenvalue weighted by molar-refractivity contribution is 0.241. The summed E-state index contributed by atoms with van der Waals surface area (Å²) in [6.45, 7) is 9.26. The average molecular weight is 381 g/mol. The molecule has 0 heterocycles. The molecule has 0 aromatic heterocycles. The van der Waals surface area contributed by atoms with Crippen molar-refractivity contribution in [3.8, 4) is 12.3 Å². The van der Waals surface area contributed by atoms with Crippen LogP contribution in [0.15, 0.2) is 71.1 Å². The van der Waals surface area contributed by atoms with E-state index < -0.39 is 0 Å². The fourth-order valence-corrected chi connectivity index (χ4v) is 4.14. The Balaban J connectivity index is 0.00000122. The Bertz CT molecular complexity index is 714. The Kier molecular flexibility index (Phi) is 10.4. The number of terminal acetylenes is 1. The Labute approximate surface area is 171 Å². The molecule has 28 heavy (non-hydrogen) atoms. The van der Waals surface area contributed by atoms with Crippen LogP contribution >= 0.6 is 0 Å². The number of rotatable bonds is 4. The van der Waals surface area contributed by atoms with E-state index in [-0.39, 0.29) is 17.8 Å². The molecule has 0 amide bonds. The lowest BCUT2D eigenvalue weighted by atomic mass is 9.71. The summed E-state index contributed by atoms with van der Waals surface area (Å²) in [5, 5.41) is 18.9. The molecule has 2 N–H and O–H groups in total. The van der Waals surface area contributed by atoms with Gasteiger partial charge in [-0.15, -0.1) is 12.3 Å². The van der Waals surface area contributed by atoms with Crippen molar-refractivity contribution in [2.75, 3.05) is 6.61 Å². The Hall–Kier alpha value is -2.24. The van der Waals surface area contributed by atoms with Gasteiger partial charge in [0.05, 0.1) is 6.61 Å². The molecular formula is C26H36O2. The summed E-state index contributed by atoms with van der Waals surface area (Å²) in [7, 11) is 0. The first kappa shape index (κ1) is 23.8. The molecule has 2 aliphatic rings. The predicted octanol–water partition coefficient (Wildman–Crippen LogP) is 6.74. The van der Waals surface area contributed by atoms with Crippen LogP contribution in [-0.4, -0.2) is 16.8 Å². The molecular weight excluding hydrogens is 344 g/mol. The maximum Gasteiger partial charge on any atom is 0.108 e. The van der Waals surface area contributed by atoms with Crippen molar-refractivity contribution in [3.63, 3.8) is 0 Å². The van der Waals surface area contributed by atoms with Crippen molar-refractivity contribution in [2.24, 2.45) is 5.41 Å².